The molecule has 0 aliphatic carbocycles. The molecule has 0 radical (unpaired) electrons. The summed E-state index contributed by atoms with van der Waals surface area (Å²) in [5, 5.41) is 6.11. The molecule has 0 bridgehead atoms. The average molecular weight is 323 g/mol. The van der Waals surface area contributed by atoms with Crippen molar-refractivity contribution in [2.24, 2.45) is 5.10 Å². The molecule has 3 rings (SSSR count). The number of carbonyl (C=O) groups excluding carboxylic acids is 2. The molecule has 8 nitrogen and oxygen atoms in total. The van der Waals surface area contributed by atoms with Crippen LogP contribution in [0.25, 0.3) is 11.0 Å². The van der Waals surface area contributed by atoms with Gasteiger partial charge in [-0.1, -0.05) is 12.1 Å². The van der Waals surface area contributed by atoms with Crippen molar-refractivity contribution >= 4 is 29.1 Å². The summed E-state index contributed by atoms with van der Waals surface area (Å²) >= 11 is 0. The van der Waals surface area contributed by atoms with Crippen LogP contribution in [0.2, 0.25) is 0 Å². The predicted molar refractivity (Wildman–Crippen MR) is 85.8 cm³/mol. The molecule has 0 aliphatic heterocycles. The maximum atomic E-state index is 11.6. The van der Waals surface area contributed by atoms with Crippen LogP contribution in [0.4, 0.5) is 0 Å². The zero-order chi connectivity index (χ0) is 16.8. The minimum atomic E-state index is -0.883. The van der Waals surface area contributed by atoms with E-state index in [1.165, 1.54) is 18.7 Å². The van der Waals surface area contributed by atoms with Gasteiger partial charge in [0.05, 0.1) is 36.3 Å². The van der Waals surface area contributed by atoms with E-state index in [0.29, 0.717) is 17.0 Å². The lowest BCUT2D eigenvalue weighted by Crippen LogP contribution is -2.37. The zero-order valence-electron chi connectivity index (χ0n) is 12.5. The minimum Gasteiger partial charge on any atom is -0.467 e. The summed E-state index contributed by atoms with van der Waals surface area (Å²) in [6.07, 6.45) is 4.32. The van der Waals surface area contributed by atoms with Gasteiger partial charge in [0.1, 0.15) is 11.5 Å². The van der Waals surface area contributed by atoms with Gasteiger partial charge in [0, 0.05) is 0 Å². The molecule has 2 N–H and O–H groups in total. The van der Waals surface area contributed by atoms with Gasteiger partial charge in [-0.3, -0.25) is 14.6 Å². The predicted octanol–water partition coefficient (Wildman–Crippen LogP) is 0.989. The Morgan fingerprint density at radius 2 is 1.96 bits per heavy atom. The summed E-state index contributed by atoms with van der Waals surface area (Å²) in [7, 11) is 0. The third-order valence-electron chi connectivity index (χ3n) is 3.04. The maximum absolute atomic E-state index is 11.6. The summed E-state index contributed by atoms with van der Waals surface area (Å²) in [6.45, 7) is 0.124. The molecule has 0 saturated heterocycles. The number of hydrogen-bond donors (Lipinski definition) is 2. The highest BCUT2D eigenvalue weighted by Crippen LogP contribution is 2.07. The van der Waals surface area contributed by atoms with Crippen molar-refractivity contribution in [3.63, 3.8) is 0 Å². The number of furan rings is 1. The van der Waals surface area contributed by atoms with Gasteiger partial charge in [-0.2, -0.15) is 5.10 Å². The number of amides is 2. The Labute approximate surface area is 136 Å². The minimum absolute atomic E-state index is 0.124. The molecular formula is C16H13N5O3. The second-order valence-corrected chi connectivity index (χ2v) is 4.74. The van der Waals surface area contributed by atoms with Crippen LogP contribution < -0.4 is 10.7 Å². The van der Waals surface area contributed by atoms with Gasteiger partial charge >= 0.3 is 11.8 Å². The molecule has 0 unspecified atom stereocenters. The topological polar surface area (TPSA) is 109 Å². The number of para-hydroxylation sites is 2. The number of benzene rings is 1. The van der Waals surface area contributed by atoms with Crippen LogP contribution in [0.3, 0.4) is 0 Å². The van der Waals surface area contributed by atoms with Crippen LogP contribution >= 0.6 is 0 Å². The van der Waals surface area contributed by atoms with Gasteiger partial charge in [-0.05, 0) is 24.3 Å². The quantitative estimate of drug-likeness (QED) is 0.423. The first-order valence-corrected chi connectivity index (χ1v) is 7.08. The van der Waals surface area contributed by atoms with Crippen LogP contribution in [0, 0.1) is 0 Å². The first-order valence-electron chi connectivity index (χ1n) is 7.08. The number of carbonyl (C=O) groups is 2. The summed E-state index contributed by atoms with van der Waals surface area (Å²) in [5.41, 5.74) is 4.06. The molecule has 0 fully saturated rings. The third-order valence-corrected chi connectivity index (χ3v) is 3.04. The molecule has 0 aliphatic rings. The lowest BCUT2D eigenvalue weighted by atomic mass is 10.3. The van der Waals surface area contributed by atoms with Crippen molar-refractivity contribution in [3.8, 4) is 0 Å². The van der Waals surface area contributed by atoms with E-state index >= 15 is 0 Å². The van der Waals surface area contributed by atoms with Crippen LogP contribution in [-0.2, 0) is 16.1 Å². The Hall–Kier alpha value is -3.55. The normalized spacial score (nSPS) is 10.8. The number of hydrazone groups is 1. The third kappa shape index (κ3) is 3.80. The molecule has 2 amide bonds. The number of nitrogens with one attached hydrogen (secondary N) is 2. The molecular weight excluding hydrogens is 310 g/mol. The number of rotatable bonds is 4. The van der Waals surface area contributed by atoms with Crippen LogP contribution in [0.1, 0.15) is 11.5 Å². The van der Waals surface area contributed by atoms with E-state index in [4.69, 9.17) is 4.42 Å². The van der Waals surface area contributed by atoms with Crippen molar-refractivity contribution in [2.45, 2.75) is 6.54 Å². The zero-order valence-corrected chi connectivity index (χ0v) is 12.5. The highest BCUT2D eigenvalue weighted by molar-refractivity contribution is 6.35. The smallest absolute Gasteiger partial charge is 0.329 e. The summed E-state index contributed by atoms with van der Waals surface area (Å²) in [6, 6.07) is 10.8. The van der Waals surface area contributed by atoms with E-state index < -0.39 is 11.8 Å². The monoisotopic (exact) mass is 323 g/mol. The fourth-order valence-corrected chi connectivity index (χ4v) is 1.90. The molecule has 0 spiro atoms. The highest BCUT2D eigenvalue weighted by Gasteiger charge is 2.12. The molecule has 3 aromatic rings. The molecule has 2 heterocycles. The summed E-state index contributed by atoms with van der Waals surface area (Å²) in [4.78, 5) is 31.7. The van der Waals surface area contributed by atoms with Crippen molar-refractivity contribution in [2.75, 3.05) is 0 Å². The standard InChI is InChI=1S/C16H13N5O3/c22-15(18-10-12-4-3-7-24-12)16(23)21-19-9-11-8-17-13-5-1-2-6-14(13)20-11/h1-9H,10H2,(H,18,22)(H,21,23)/b19-9-. The number of nitrogens with zero attached hydrogens (tertiary/aromatic N) is 3. The number of hydrogen-bond acceptors (Lipinski definition) is 6. The second kappa shape index (κ2) is 7.14. The van der Waals surface area contributed by atoms with Gasteiger partial charge in [0.15, 0.2) is 0 Å². The molecule has 120 valence electrons. The largest absolute Gasteiger partial charge is 0.467 e. The van der Waals surface area contributed by atoms with Crippen LogP contribution in [0.15, 0.2) is 58.4 Å². The Morgan fingerprint density at radius 3 is 2.75 bits per heavy atom. The van der Waals surface area contributed by atoms with Gasteiger partial charge in [-0.15, -0.1) is 0 Å². The Bertz CT molecular complexity index is 890. The lowest BCUT2D eigenvalue weighted by molar-refractivity contribution is -0.139. The van der Waals surface area contributed by atoms with E-state index in [1.54, 1.807) is 12.1 Å². The number of fused-ring (bicyclic) bond motifs is 1. The van der Waals surface area contributed by atoms with Crippen LogP contribution in [-0.4, -0.2) is 28.0 Å². The Kier molecular flexibility index (Phi) is 4.57. The first-order chi connectivity index (χ1) is 11.7. The molecule has 0 saturated carbocycles. The van der Waals surface area contributed by atoms with E-state index in [9.17, 15) is 9.59 Å². The number of aromatic nitrogens is 2. The lowest BCUT2D eigenvalue weighted by Gasteiger charge is -2.01. The second-order valence-electron chi connectivity index (χ2n) is 4.74. The van der Waals surface area contributed by atoms with E-state index in [-0.39, 0.29) is 6.54 Å². The van der Waals surface area contributed by atoms with E-state index in [1.807, 2.05) is 24.3 Å². The fraction of sp³-hybridized carbons (Fsp3) is 0.0625. The van der Waals surface area contributed by atoms with Crippen molar-refractivity contribution in [1.82, 2.24) is 20.7 Å². The molecule has 2 aromatic heterocycles. The van der Waals surface area contributed by atoms with Gasteiger partial charge < -0.3 is 9.73 Å². The molecule has 0 atom stereocenters. The van der Waals surface area contributed by atoms with Gasteiger partial charge in [0.25, 0.3) is 0 Å². The maximum Gasteiger partial charge on any atom is 0.329 e. The molecule has 24 heavy (non-hydrogen) atoms. The fourth-order valence-electron chi connectivity index (χ4n) is 1.90. The SMILES string of the molecule is O=C(NCc1ccco1)C(=O)N/N=C\c1cnc2ccccc2n1. The van der Waals surface area contributed by atoms with Crippen LogP contribution in [0.5, 0.6) is 0 Å². The first kappa shape index (κ1) is 15.3. The average Bonchev–Trinajstić information content (AvgIpc) is 3.13. The Balaban J connectivity index is 1.54. The van der Waals surface area contributed by atoms with Crippen molar-refractivity contribution in [1.29, 1.82) is 0 Å². The van der Waals surface area contributed by atoms with Gasteiger partial charge in [-0.25, -0.2) is 10.4 Å². The highest BCUT2D eigenvalue weighted by atomic mass is 16.3. The van der Waals surface area contributed by atoms with Gasteiger partial charge in [0.2, 0.25) is 0 Å². The van der Waals surface area contributed by atoms with E-state index in [0.717, 1.165) is 5.52 Å². The van der Waals surface area contributed by atoms with Crippen molar-refractivity contribution < 1.29 is 14.0 Å². The summed E-state index contributed by atoms with van der Waals surface area (Å²) in [5.74, 6) is -1.15. The molecule has 1 aromatic carbocycles. The van der Waals surface area contributed by atoms with Crippen molar-refractivity contribution in [3.05, 3.63) is 60.3 Å². The Morgan fingerprint density at radius 1 is 1.12 bits per heavy atom. The van der Waals surface area contributed by atoms with E-state index in [2.05, 4.69) is 25.8 Å². The molecule has 8 heteroatoms. The summed E-state index contributed by atoms with van der Waals surface area (Å²) < 4.78 is 5.05.